The summed E-state index contributed by atoms with van der Waals surface area (Å²) in [6.45, 7) is 76.8. The van der Waals surface area contributed by atoms with E-state index in [1.165, 1.54) is 11.1 Å². The van der Waals surface area contributed by atoms with Crippen molar-refractivity contribution in [2.45, 2.75) is 287 Å². The first-order valence-corrected chi connectivity index (χ1v) is 40.2. The predicted molar refractivity (Wildman–Crippen MR) is 415 cm³/mol. The maximum Gasteiger partial charge on any atom is 3.00 e. The number of benzene rings is 4. The molecule has 4 aromatic rings. The van der Waals surface area contributed by atoms with Gasteiger partial charge in [0, 0.05) is 87.1 Å². The second kappa shape index (κ2) is 53.1. The minimum Gasteiger partial charge on any atom is -0.534 e. The van der Waals surface area contributed by atoms with Gasteiger partial charge < -0.3 is 51.8 Å². The third-order valence-electron chi connectivity index (χ3n) is 14.0. The molecule has 4 aromatic carbocycles. The van der Waals surface area contributed by atoms with Crippen LogP contribution in [0.5, 0.6) is 0 Å². The molecule has 1 radical (unpaired) electrons. The van der Waals surface area contributed by atoms with E-state index in [0.717, 1.165) is 23.5 Å². The minimum absolute atomic E-state index is 0. The summed E-state index contributed by atoms with van der Waals surface area (Å²) in [7, 11) is -1.44. The zero-order valence-corrected chi connectivity index (χ0v) is 73.0. The molecule has 0 saturated carbocycles. The topological polar surface area (TPSA) is 87.0 Å². The number of aliphatic hydroxyl groups excluding tert-OH is 2. The molecule has 5 atom stereocenters. The van der Waals surface area contributed by atoms with Crippen molar-refractivity contribution in [2.75, 3.05) is 24.9 Å². The molecular weight excluding hydrogens is 1410 g/mol. The number of methoxy groups -OCH3 is 1. The number of rotatable bonds is 14. The zero-order chi connectivity index (χ0) is 69.9. The first kappa shape index (κ1) is 108. The Kier molecular flexibility index (Phi) is 62.4. The summed E-state index contributed by atoms with van der Waals surface area (Å²) < 4.78 is 24.9. The van der Waals surface area contributed by atoms with Crippen LogP contribution >= 0.6 is 31.7 Å². The molecule has 0 aliphatic rings. The first-order chi connectivity index (χ1) is 40.0. The Morgan fingerprint density at radius 2 is 0.663 bits per heavy atom. The van der Waals surface area contributed by atoms with E-state index in [9.17, 15) is 14.4 Å². The quantitative estimate of drug-likeness (QED) is 0.0385. The standard InChI is InChI=1S/C23H33OP.C22H31OP.C12H24OP.C9H21O2PS.4C3H7.4Ni/c1-22(2,3)25(23(4,5)6)17-20(18-13-9-7-10-14-18)21(24)19-15-11-8-12-16-19;1-21(2,3)24(22(4,5)6)20(18-15-11-8-12-16-18)19(23)17-13-9-7-10-14-17;1-10(13-8)9-14(11(2,3)4)12(5,6)7;1-8(2,3)12(7-13(10)11)9(4,5)6;4*1-3-2;;;;/h7-16,20-21,24H,17H2,1-6H3;7-16,19-20,23H,1-6H3;1H,9H2,2-8H3;7H2,1-6H3,(H,10,11);4*3H,1-2H3;;;;/q;;-1;;4*-1;;;;+3/p+4. The first-order valence-electron chi connectivity index (χ1n) is 32.2. The monoisotopic (exact) mass is 1550 g/mol. The summed E-state index contributed by atoms with van der Waals surface area (Å²) in [4.78, 5) is 0. The summed E-state index contributed by atoms with van der Waals surface area (Å²) in [5.74, 6) is 0.819. The molecule has 0 fully saturated rings. The number of hydrogen-bond donors (Lipinski definition) is 3. The van der Waals surface area contributed by atoms with Gasteiger partial charge in [0.25, 0.3) is 0 Å². The summed E-state index contributed by atoms with van der Waals surface area (Å²) >= 11 is -1.64. The molecule has 14 heteroatoms. The van der Waals surface area contributed by atoms with Crippen LogP contribution in [-0.2, 0) is 81.8 Å². The summed E-state index contributed by atoms with van der Waals surface area (Å²) in [6.07, 6.45) is 9.07. The van der Waals surface area contributed by atoms with E-state index < -0.39 is 55.0 Å². The van der Waals surface area contributed by atoms with Crippen LogP contribution in [0.25, 0.3) is 0 Å². The second-order valence-electron chi connectivity index (χ2n) is 31.3. The van der Waals surface area contributed by atoms with Crippen molar-refractivity contribution in [3.8, 4) is 0 Å². The van der Waals surface area contributed by atoms with Crippen LogP contribution in [-0.4, -0.2) is 85.2 Å². The van der Waals surface area contributed by atoms with Gasteiger partial charge in [-0.2, -0.15) is 55.4 Å². The fourth-order valence-corrected chi connectivity index (χ4v) is 31.6. The van der Waals surface area contributed by atoms with Crippen molar-refractivity contribution in [2.24, 2.45) is 0 Å². The largest absolute Gasteiger partial charge is 3.00 e. The molecule has 0 saturated heterocycles. The van der Waals surface area contributed by atoms with Gasteiger partial charge in [0.2, 0.25) is 0 Å². The van der Waals surface area contributed by atoms with Crippen molar-refractivity contribution in [3.05, 3.63) is 182 Å². The molecule has 4 rings (SSSR count). The molecule has 3 N–H and O–H groups in total. The Morgan fingerprint density at radius 1 is 0.424 bits per heavy atom. The van der Waals surface area contributed by atoms with E-state index in [4.69, 9.17) is 15.9 Å². The number of aliphatic hydroxyl groups is 2. The van der Waals surface area contributed by atoms with E-state index in [-0.39, 0.29) is 108 Å². The van der Waals surface area contributed by atoms with Crippen LogP contribution < -0.4 is 0 Å². The van der Waals surface area contributed by atoms with Crippen LogP contribution in [0.4, 0.5) is 0 Å². The van der Waals surface area contributed by atoms with Gasteiger partial charge in [-0.05, 0) is 188 Å². The van der Waals surface area contributed by atoms with Gasteiger partial charge in [-0.3, -0.25) is 0 Å². The van der Waals surface area contributed by atoms with Crippen molar-refractivity contribution in [1.29, 1.82) is 0 Å². The van der Waals surface area contributed by atoms with Crippen LogP contribution in [0.1, 0.15) is 268 Å². The fraction of sp³-hybridized carbons (Fsp3) is 0.615. The van der Waals surface area contributed by atoms with Gasteiger partial charge in [0.1, 0.15) is 11.8 Å². The van der Waals surface area contributed by atoms with E-state index in [1.807, 2.05) is 142 Å². The Morgan fingerprint density at radius 3 is 0.880 bits per heavy atom. The summed E-state index contributed by atoms with van der Waals surface area (Å²) in [6, 6.07) is 41.4. The number of allylic oxidation sites excluding steroid dienone is 1. The molecule has 547 valence electrons. The predicted octanol–water partition coefficient (Wildman–Crippen LogP) is 24.2. The second-order valence-corrected chi connectivity index (χ2v) is 50.2. The molecule has 0 aliphatic carbocycles. The number of ether oxygens (including phenoxy) is 1. The summed E-state index contributed by atoms with van der Waals surface area (Å²) in [5.41, 5.74) is 5.15. The third kappa shape index (κ3) is 48.0. The van der Waals surface area contributed by atoms with Crippen LogP contribution in [0, 0.1) is 32.3 Å². The van der Waals surface area contributed by atoms with Crippen molar-refractivity contribution >= 4 is 42.8 Å². The smallest absolute Gasteiger partial charge is 0.534 e. The van der Waals surface area contributed by atoms with Crippen LogP contribution in [0.2, 0.25) is 0 Å². The van der Waals surface area contributed by atoms with Gasteiger partial charge in [-0.25, -0.2) is 4.21 Å². The van der Waals surface area contributed by atoms with Crippen molar-refractivity contribution in [3.63, 3.8) is 0 Å². The van der Waals surface area contributed by atoms with E-state index in [1.54, 1.807) is 7.11 Å². The van der Waals surface area contributed by atoms with Gasteiger partial charge in [-0.15, -0.1) is 0 Å². The Bertz CT molecular complexity index is 2290. The van der Waals surface area contributed by atoms with Crippen LogP contribution in [0.15, 0.2) is 127 Å². The number of hydrogen-bond acceptors (Lipinski definition) is 4. The maximum atomic E-state index is 11.4. The maximum absolute atomic E-state index is 11.4. The molecule has 92 heavy (non-hydrogen) atoms. The van der Waals surface area contributed by atoms with Gasteiger partial charge in [-0.1, -0.05) is 127 Å². The van der Waals surface area contributed by atoms with Gasteiger partial charge in [0.05, 0.1) is 66.8 Å². The molecule has 0 bridgehead atoms. The molecule has 5 unspecified atom stereocenters. The molecule has 5 nitrogen and oxygen atoms in total. The molecule has 0 aliphatic heterocycles. The minimum atomic E-state index is -1.64. The Hall–Kier alpha value is 0.144. The molecule has 0 heterocycles. The van der Waals surface area contributed by atoms with Crippen LogP contribution in [0.3, 0.4) is 0 Å². The van der Waals surface area contributed by atoms with E-state index >= 15 is 0 Å². The van der Waals surface area contributed by atoms with E-state index in [2.05, 4.69) is 227 Å². The van der Waals surface area contributed by atoms with E-state index in [0.29, 0.717) is 21.6 Å². The van der Waals surface area contributed by atoms with Gasteiger partial charge in [0.15, 0.2) is 16.6 Å². The molecule has 0 spiro atoms. The average Bonchev–Trinajstić information content (AvgIpc) is 1.06. The molecule has 0 aromatic heterocycles. The Balaban J connectivity index is -0.000000163. The van der Waals surface area contributed by atoms with Gasteiger partial charge >= 0.3 is 16.5 Å². The third-order valence-corrected chi connectivity index (χ3v) is 33.1. The van der Waals surface area contributed by atoms with Crippen molar-refractivity contribution < 1.29 is 89.7 Å². The SMILES string of the molecule is CC(C)(C)[PH+](C(c1ccccc1)C(O)c1ccccc1)C(C)(C)C.CC(C)(C)[PH+](CC(c1ccccc1)C(O)c1ccccc1)C(C)(C)C.CC(C)(C)[PH+](CS(=O)O)C(C)(C)C.C[CH-]C.C[CH-]C.C[CH-]C.C[CH-]C.[CH-]=C(C[PH+](C(C)(C)C)C(C)(C)C)OC.[Ni+3].[Ni].[Ni].[Ni]. The summed E-state index contributed by atoms with van der Waals surface area (Å²) in [5, 5.41) is 24.6. The normalized spacial score (nSPS) is 13.2. The Labute approximate surface area is 620 Å². The average molecular weight is 1550 g/mol. The zero-order valence-electron chi connectivity index (χ0n) is 64.2. The fourth-order valence-electron chi connectivity index (χ4n) is 11.6. The molecule has 0 amide bonds. The van der Waals surface area contributed by atoms with Crippen molar-refractivity contribution in [1.82, 2.24) is 0 Å². The molecular formula is C78H141Ni4O5P4S+2.